The van der Waals surface area contributed by atoms with Gasteiger partial charge in [0.15, 0.2) is 18.9 Å². The van der Waals surface area contributed by atoms with Crippen molar-refractivity contribution in [3.63, 3.8) is 0 Å². The van der Waals surface area contributed by atoms with Crippen molar-refractivity contribution in [1.82, 2.24) is 0 Å². The molecule has 0 saturated carbocycles. The van der Waals surface area contributed by atoms with Crippen molar-refractivity contribution in [2.24, 2.45) is 5.41 Å². The standard InChI is InChI=1S/C21H37BrO6/c22-11-10-21(15-26-18-7-1-4-12-23-18,16-27-19-8-2-5-13-24-19)17-28-20-9-3-6-14-25-20/h18-20H,1-17H2. The largest absolute Gasteiger partial charge is 0.353 e. The van der Waals surface area contributed by atoms with Crippen LogP contribution in [0.4, 0.5) is 0 Å². The Morgan fingerprint density at radius 2 is 1.04 bits per heavy atom. The molecule has 0 bridgehead atoms. The molecule has 3 heterocycles. The molecule has 28 heavy (non-hydrogen) atoms. The Morgan fingerprint density at radius 3 is 1.32 bits per heavy atom. The van der Waals surface area contributed by atoms with E-state index >= 15 is 0 Å². The van der Waals surface area contributed by atoms with E-state index < -0.39 is 0 Å². The zero-order chi connectivity index (χ0) is 19.5. The summed E-state index contributed by atoms with van der Waals surface area (Å²) in [5.74, 6) is 0. The third kappa shape index (κ3) is 7.82. The topological polar surface area (TPSA) is 55.4 Å². The van der Waals surface area contributed by atoms with Gasteiger partial charge in [0.05, 0.1) is 19.8 Å². The molecule has 164 valence electrons. The van der Waals surface area contributed by atoms with Crippen LogP contribution in [0.15, 0.2) is 0 Å². The van der Waals surface area contributed by atoms with E-state index in [1.807, 2.05) is 0 Å². The monoisotopic (exact) mass is 464 g/mol. The second kappa shape index (κ2) is 12.8. The third-order valence-electron chi connectivity index (χ3n) is 5.76. The van der Waals surface area contributed by atoms with Gasteiger partial charge in [0.1, 0.15) is 0 Å². The van der Waals surface area contributed by atoms with Crippen molar-refractivity contribution in [3.8, 4) is 0 Å². The highest BCUT2D eigenvalue weighted by Crippen LogP contribution is 2.30. The van der Waals surface area contributed by atoms with Gasteiger partial charge in [-0.2, -0.15) is 0 Å². The van der Waals surface area contributed by atoms with Crippen LogP contribution in [0, 0.1) is 5.41 Å². The Morgan fingerprint density at radius 1 is 0.643 bits per heavy atom. The van der Waals surface area contributed by atoms with Crippen LogP contribution in [0.1, 0.15) is 64.2 Å². The molecule has 0 spiro atoms. The molecule has 3 aliphatic heterocycles. The molecule has 0 aromatic rings. The Hall–Kier alpha value is 0.240. The maximum absolute atomic E-state index is 6.20. The van der Waals surface area contributed by atoms with Crippen LogP contribution in [-0.4, -0.2) is 63.8 Å². The van der Waals surface area contributed by atoms with Crippen molar-refractivity contribution in [3.05, 3.63) is 0 Å². The molecule has 3 fully saturated rings. The molecule has 7 heteroatoms. The van der Waals surface area contributed by atoms with Crippen LogP contribution in [0.25, 0.3) is 0 Å². The molecule has 0 radical (unpaired) electrons. The average Bonchev–Trinajstić information content (AvgIpc) is 2.77. The fourth-order valence-electron chi connectivity index (χ4n) is 3.88. The minimum Gasteiger partial charge on any atom is -0.353 e. The van der Waals surface area contributed by atoms with E-state index in [1.54, 1.807) is 0 Å². The van der Waals surface area contributed by atoms with Gasteiger partial charge >= 0.3 is 0 Å². The predicted molar refractivity (Wildman–Crippen MR) is 109 cm³/mol. The molecule has 3 saturated heterocycles. The van der Waals surface area contributed by atoms with Gasteiger partial charge in [0.25, 0.3) is 0 Å². The van der Waals surface area contributed by atoms with E-state index in [2.05, 4.69) is 15.9 Å². The van der Waals surface area contributed by atoms with Gasteiger partial charge in [0, 0.05) is 30.6 Å². The summed E-state index contributed by atoms with van der Waals surface area (Å²) < 4.78 is 35.9. The summed E-state index contributed by atoms with van der Waals surface area (Å²) in [6.07, 6.45) is 10.3. The lowest BCUT2D eigenvalue weighted by molar-refractivity contribution is -0.233. The number of halogens is 1. The smallest absolute Gasteiger partial charge is 0.157 e. The molecule has 0 aromatic carbocycles. The second-order valence-electron chi connectivity index (χ2n) is 8.26. The first-order chi connectivity index (χ1) is 13.8. The number of rotatable bonds is 11. The van der Waals surface area contributed by atoms with Gasteiger partial charge in [-0.3, -0.25) is 0 Å². The minimum atomic E-state index is -0.244. The Labute approximate surface area is 178 Å². The van der Waals surface area contributed by atoms with Gasteiger partial charge < -0.3 is 28.4 Å². The summed E-state index contributed by atoms with van der Waals surface area (Å²) in [4.78, 5) is 0. The molecular formula is C21H37BrO6. The first-order valence-corrected chi connectivity index (χ1v) is 12.2. The summed E-state index contributed by atoms with van der Waals surface area (Å²) in [6, 6.07) is 0. The van der Waals surface area contributed by atoms with Crippen LogP contribution < -0.4 is 0 Å². The Balaban J connectivity index is 1.57. The van der Waals surface area contributed by atoms with Crippen LogP contribution >= 0.6 is 15.9 Å². The fraction of sp³-hybridized carbons (Fsp3) is 1.00. The van der Waals surface area contributed by atoms with E-state index in [0.29, 0.717) is 19.8 Å². The summed E-state index contributed by atoms with van der Waals surface area (Å²) in [7, 11) is 0. The quantitative estimate of drug-likeness (QED) is 0.422. The van der Waals surface area contributed by atoms with Gasteiger partial charge in [-0.15, -0.1) is 0 Å². The van der Waals surface area contributed by atoms with Crippen molar-refractivity contribution in [2.75, 3.05) is 45.0 Å². The average molecular weight is 465 g/mol. The highest BCUT2D eigenvalue weighted by Gasteiger charge is 2.35. The zero-order valence-corrected chi connectivity index (χ0v) is 18.7. The highest BCUT2D eigenvalue weighted by atomic mass is 79.9. The number of alkyl halides is 1. The predicted octanol–water partition coefficient (Wildman–Crippen LogP) is 4.39. The molecule has 0 aromatic heterocycles. The van der Waals surface area contributed by atoms with Crippen molar-refractivity contribution >= 4 is 15.9 Å². The molecule has 0 amide bonds. The lowest BCUT2D eigenvalue weighted by Gasteiger charge is -2.37. The Kier molecular flexibility index (Phi) is 10.5. The van der Waals surface area contributed by atoms with Gasteiger partial charge in [-0.05, 0) is 64.2 Å². The summed E-state index contributed by atoms with van der Waals surface area (Å²) in [5, 5.41) is 0.867. The van der Waals surface area contributed by atoms with E-state index in [9.17, 15) is 0 Å². The maximum atomic E-state index is 6.20. The normalized spacial score (nSPS) is 31.4. The minimum absolute atomic E-state index is 0.111. The first-order valence-electron chi connectivity index (χ1n) is 11.1. The maximum Gasteiger partial charge on any atom is 0.157 e. The highest BCUT2D eigenvalue weighted by molar-refractivity contribution is 9.09. The van der Waals surface area contributed by atoms with E-state index in [0.717, 1.165) is 89.4 Å². The second-order valence-corrected chi connectivity index (χ2v) is 9.05. The number of hydrogen-bond acceptors (Lipinski definition) is 6. The molecule has 0 N–H and O–H groups in total. The van der Waals surface area contributed by atoms with E-state index in [1.165, 1.54) is 0 Å². The molecule has 3 aliphatic rings. The first kappa shape index (κ1) is 22.9. The Bertz CT molecular complexity index is 351. The fourth-order valence-corrected chi connectivity index (χ4v) is 4.72. The van der Waals surface area contributed by atoms with E-state index in [4.69, 9.17) is 28.4 Å². The van der Waals surface area contributed by atoms with Gasteiger partial charge in [0.2, 0.25) is 0 Å². The molecular weight excluding hydrogens is 428 g/mol. The van der Waals surface area contributed by atoms with Crippen LogP contribution in [0.2, 0.25) is 0 Å². The molecule has 6 nitrogen and oxygen atoms in total. The third-order valence-corrected chi connectivity index (χ3v) is 6.16. The molecule has 3 atom stereocenters. The van der Waals surface area contributed by atoms with Gasteiger partial charge in [-0.1, -0.05) is 15.9 Å². The lowest BCUT2D eigenvalue weighted by atomic mass is 9.87. The molecule has 3 unspecified atom stereocenters. The zero-order valence-electron chi connectivity index (χ0n) is 17.1. The van der Waals surface area contributed by atoms with Crippen molar-refractivity contribution in [2.45, 2.75) is 83.1 Å². The summed E-state index contributed by atoms with van der Waals surface area (Å²) >= 11 is 3.62. The summed E-state index contributed by atoms with van der Waals surface area (Å²) in [6.45, 7) is 4.03. The number of hydrogen-bond donors (Lipinski definition) is 0. The van der Waals surface area contributed by atoms with Crippen molar-refractivity contribution < 1.29 is 28.4 Å². The van der Waals surface area contributed by atoms with E-state index in [-0.39, 0.29) is 24.3 Å². The van der Waals surface area contributed by atoms with Crippen LogP contribution in [-0.2, 0) is 28.4 Å². The molecule has 3 rings (SSSR count). The molecule has 0 aliphatic carbocycles. The SMILES string of the molecule is BrCCC(COC1CCCCO1)(COC1CCCCO1)COC1CCCCO1. The van der Waals surface area contributed by atoms with Crippen LogP contribution in [0.3, 0.4) is 0 Å². The van der Waals surface area contributed by atoms with Gasteiger partial charge in [-0.25, -0.2) is 0 Å². The van der Waals surface area contributed by atoms with Crippen LogP contribution in [0.5, 0.6) is 0 Å². The summed E-state index contributed by atoms with van der Waals surface area (Å²) in [5.41, 5.74) is -0.244. The lowest BCUT2D eigenvalue weighted by Crippen LogP contribution is -2.43. The number of ether oxygens (including phenoxy) is 6. The van der Waals surface area contributed by atoms with Crippen molar-refractivity contribution in [1.29, 1.82) is 0 Å².